The summed E-state index contributed by atoms with van der Waals surface area (Å²) in [5.41, 5.74) is 0. The molecule has 0 aliphatic carbocycles. The van der Waals surface area contributed by atoms with Gasteiger partial charge >= 0.3 is 0 Å². The van der Waals surface area contributed by atoms with Crippen molar-refractivity contribution in [1.82, 2.24) is 9.71 Å². The lowest BCUT2D eigenvalue weighted by Crippen LogP contribution is -2.40. The molecule has 1 fully saturated rings. The van der Waals surface area contributed by atoms with Crippen LogP contribution < -0.4 is 9.62 Å². The second kappa shape index (κ2) is 6.54. The number of nitrogens with one attached hydrogen (secondary N) is 1. The molecule has 8 heteroatoms. The van der Waals surface area contributed by atoms with Gasteiger partial charge in [0.2, 0.25) is 10.0 Å². The molecule has 0 bridgehead atoms. The van der Waals surface area contributed by atoms with Crippen LogP contribution in [0.25, 0.3) is 0 Å². The van der Waals surface area contributed by atoms with Gasteiger partial charge in [0.15, 0.2) is 5.13 Å². The van der Waals surface area contributed by atoms with Crippen molar-refractivity contribution in [3.8, 4) is 0 Å². The fraction of sp³-hybridized carbons (Fsp3) is 0.357. The molecule has 3 rings (SSSR count). The van der Waals surface area contributed by atoms with Crippen LogP contribution >= 0.6 is 22.9 Å². The summed E-state index contributed by atoms with van der Waals surface area (Å²) < 4.78 is 27.4. The summed E-state index contributed by atoms with van der Waals surface area (Å²) in [6.07, 6.45) is 3.77. The topological polar surface area (TPSA) is 62.3 Å². The van der Waals surface area contributed by atoms with Crippen molar-refractivity contribution in [2.24, 2.45) is 0 Å². The lowest BCUT2D eigenvalue weighted by molar-refractivity contribution is 0.567. The Labute approximate surface area is 139 Å². The fourth-order valence-corrected chi connectivity index (χ4v) is 4.70. The maximum Gasteiger partial charge on any atom is 0.240 e. The highest BCUT2D eigenvalue weighted by Crippen LogP contribution is 2.27. The van der Waals surface area contributed by atoms with Crippen LogP contribution in [0.15, 0.2) is 40.7 Å². The largest absolute Gasteiger partial charge is 0.344 e. The molecule has 0 saturated carbocycles. The molecule has 1 atom stereocenters. The van der Waals surface area contributed by atoms with Gasteiger partial charge in [-0.2, -0.15) is 0 Å². The summed E-state index contributed by atoms with van der Waals surface area (Å²) in [4.78, 5) is 6.68. The molecule has 0 amide bonds. The quantitative estimate of drug-likeness (QED) is 0.893. The number of nitrogens with zero attached hydrogens (tertiary/aromatic N) is 2. The lowest BCUT2D eigenvalue weighted by Gasteiger charge is -2.24. The Hall–Kier alpha value is -1.15. The molecule has 0 spiro atoms. The third kappa shape index (κ3) is 3.43. The van der Waals surface area contributed by atoms with E-state index in [1.165, 1.54) is 6.07 Å². The summed E-state index contributed by atoms with van der Waals surface area (Å²) in [6, 6.07) is 6.43. The molecule has 0 radical (unpaired) electrons. The Morgan fingerprint density at radius 2 is 2.32 bits per heavy atom. The van der Waals surface area contributed by atoms with E-state index >= 15 is 0 Å². The third-order valence-electron chi connectivity index (χ3n) is 3.66. The van der Waals surface area contributed by atoms with Crippen molar-refractivity contribution >= 4 is 38.1 Å². The maximum absolute atomic E-state index is 12.3. The van der Waals surface area contributed by atoms with Gasteiger partial charge in [0.05, 0.1) is 4.90 Å². The summed E-state index contributed by atoms with van der Waals surface area (Å²) >= 11 is 7.44. The van der Waals surface area contributed by atoms with Gasteiger partial charge in [-0.05, 0) is 31.0 Å². The number of halogens is 1. The zero-order valence-corrected chi connectivity index (χ0v) is 14.2. The van der Waals surface area contributed by atoms with Crippen molar-refractivity contribution in [2.75, 3.05) is 18.0 Å². The predicted octanol–water partition coefficient (Wildman–Crippen LogP) is 2.74. The van der Waals surface area contributed by atoms with E-state index in [2.05, 4.69) is 14.6 Å². The minimum absolute atomic E-state index is 0.139. The number of anilines is 1. The Morgan fingerprint density at radius 1 is 1.45 bits per heavy atom. The number of hydrogen-bond donors (Lipinski definition) is 1. The molecule has 1 aliphatic rings. The molecule has 1 saturated heterocycles. The molecule has 1 unspecified atom stereocenters. The van der Waals surface area contributed by atoms with E-state index in [0.29, 0.717) is 11.6 Å². The number of hydrogen-bond acceptors (Lipinski definition) is 5. The highest BCUT2D eigenvalue weighted by atomic mass is 35.5. The average molecular weight is 358 g/mol. The van der Waals surface area contributed by atoms with E-state index < -0.39 is 10.0 Å². The van der Waals surface area contributed by atoms with Crippen molar-refractivity contribution < 1.29 is 8.42 Å². The van der Waals surface area contributed by atoms with Crippen molar-refractivity contribution in [2.45, 2.75) is 23.8 Å². The van der Waals surface area contributed by atoms with Gasteiger partial charge in [-0.1, -0.05) is 17.7 Å². The second-order valence-corrected chi connectivity index (χ2v) is 8.19. The molecule has 2 aromatic rings. The Kier molecular flexibility index (Phi) is 4.67. The zero-order chi connectivity index (χ0) is 15.6. The van der Waals surface area contributed by atoms with E-state index in [0.717, 1.165) is 24.5 Å². The molecule has 1 aliphatic heterocycles. The molecular formula is C14H16ClN3O2S2. The monoisotopic (exact) mass is 357 g/mol. The first-order valence-electron chi connectivity index (χ1n) is 6.97. The van der Waals surface area contributed by atoms with Gasteiger partial charge in [-0.15, -0.1) is 11.3 Å². The first-order valence-corrected chi connectivity index (χ1v) is 9.72. The van der Waals surface area contributed by atoms with Crippen molar-refractivity contribution in [3.63, 3.8) is 0 Å². The summed E-state index contributed by atoms with van der Waals surface area (Å²) in [6.45, 7) is 1.28. The number of aromatic nitrogens is 1. The summed E-state index contributed by atoms with van der Waals surface area (Å²) in [5.74, 6) is 0. The van der Waals surface area contributed by atoms with Crippen molar-refractivity contribution in [1.29, 1.82) is 0 Å². The summed E-state index contributed by atoms with van der Waals surface area (Å²) in [7, 11) is -3.54. The van der Waals surface area contributed by atoms with Crippen LogP contribution in [0.2, 0.25) is 5.02 Å². The average Bonchev–Trinajstić information content (AvgIpc) is 3.16. The summed E-state index contributed by atoms with van der Waals surface area (Å²) in [5, 5.41) is 3.29. The van der Waals surface area contributed by atoms with Gasteiger partial charge < -0.3 is 4.90 Å². The van der Waals surface area contributed by atoms with Crippen molar-refractivity contribution in [3.05, 3.63) is 40.9 Å². The van der Waals surface area contributed by atoms with Gasteiger partial charge in [-0.3, -0.25) is 0 Å². The predicted molar refractivity (Wildman–Crippen MR) is 89.1 cm³/mol. The minimum atomic E-state index is -3.54. The van der Waals surface area contributed by atoms with Crippen LogP contribution in [-0.4, -0.2) is 32.5 Å². The molecule has 1 aromatic carbocycles. The molecule has 1 N–H and O–H groups in total. The number of sulfonamides is 1. The Balaban J connectivity index is 1.69. The normalized spacial score (nSPS) is 18.8. The van der Waals surface area contributed by atoms with Crippen LogP contribution in [0.4, 0.5) is 5.13 Å². The van der Waals surface area contributed by atoms with Gasteiger partial charge in [-0.25, -0.2) is 18.1 Å². The number of rotatable bonds is 5. The van der Waals surface area contributed by atoms with E-state index in [1.807, 2.05) is 5.38 Å². The van der Waals surface area contributed by atoms with E-state index in [4.69, 9.17) is 11.6 Å². The first kappa shape index (κ1) is 15.7. The molecule has 2 heterocycles. The fourth-order valence-electron chi connectivity index (χ4n) is 2.58. The second-order valence-electron chi connectivity index (χ2n) is 5.11. The van der Waals surface area contributed by atoms with Crippen LogP contribution in [0, 0.1) is 0 Å². The maximum atomic E-state index is 12.3. The lowest BCUT2D eigenvalue weighted by atomic mass is 10.2. The standard InChI is InChI=1S/C14H16ClN3O2S2/c15-11-3-1-5-13(9-11)22(19,20)17-10-12-4-2-7-18(12)14-16-6-8-21-14/h1,3,5-6,8-9,12,17H,2,4,7,10H2. The Morgan fingerprint density at radius 3 is 3.05 bits per heavy atom. The van der Waals surface area contributed by atoms with Crippen LogP contribution in [0.5, 0.6) is 0 Å². The minimum Gasteiger partial charge on any atom is -0.344 e. The molecule has 5 nitrogen and oxygen atoms in total. The van der Waals surface area contributed by atoms with E-state index in [-0.39, 0.29) is 10.9 Å². The van der Waals surface area contributed by atoms with Crippen LogP contribution in [-0.2, 0) is 10.0 Å². The molecule has 118 valence electrons. The highest BCUT2D eigenvalue weighted by Gasteiger charge is 2.27. The SMILES string of the molecule is O=S(=O)(NCC1CCCN1c1nccs1)c1cccc(Cl)c1. The molecular weight excluding hydrogens is 342 g/mol. The Bertz CT molecular complexity index is 734. The van der Waals surface area contributed by atoms with Crippen LogP contribution in [0.3, 0.4) is 0 Å². The van der Waals surface area contributed by atoms with Gasteiger partial charge in [0, 0.05) is 35.7 Å². The van der Waals surface area contributed by atoms with E-state index in [1.54, 1.807) is 35.7 Å². The number of thiazole rings is 1. The smallest absolute Gasteiger partial charge is 0.240 e. The first-order chi connectivity index (χ1) is 10.6. The zero-order valence-electron chi connectivity index (χ0n) is 11.8. The molecule has 22 heavy (non-hydrogen) atoms. The van der Waals surface area contributed by atoms with Gasteiger partial charge in [0.1, 0.15) is 0 Å². The van der Waals surface area contributed by atoms with Crippen LogP contribution in [0.1, 0.15) is 12.8 Å². The van der Waals surface area contributed by atoms with Gasteiger partial charge in [0.25, 0.3) is 0 Å². The number of benzene rings is 1. The third-order valence-corrected chi connectivity index (χ3v) is 6.12. The van der Waals surface area contributed by atoms with E-state index in [9.17, 15) is 8.42 Å². The highest BCUT2D eigenvalue weighted by molar-refractivity contribution is 7.89. The molecule has 1 aromatic heterocycles.